The summed E-state index contributed by atoms with van der Waals surface area (Å²) in [6.07, 6.45) is 6.56. The Balaban J connectivity index is 1.62. The summed E-state index contributed by atoms with van der Waals surface area (Å²) in [4.78, 5) is 4.16. The summed E-state index contributed by atoms with van der Waals surface area (Å²) in [5, 5.41) is 15.1. The number of aromatic amines is 1. The second-order valence-electron chi connectivity index (χ2n) is 5.13. The molecule has 3 rings (SSSR count). The average molecular weight is 298 g/mol. The van der Waals surface area contributed by atoms with Crippen LogP contribution in [0.15, 0.2) is 47.5 Å². The molecule has 0 aliphatic heterocycles. The minimum atomic E-state index is 0.427. The molecule has 1 unspecified atom stereocenters. The molecule has 0 saturated carbocycles. The van der Waals surface area contributed by atoms with Gasteiger partial charge < -0.3 is 5.32 Å². The van der Waals surface area contributed by atoms with E-state index in [-0.39, 0.29) is 0 Å². The van der Waals surface area contributed by atoms with E-state index in [1.54, 1.807) is 17.5 Å². The first kappa shape index (κ1) is 14.0. The third-order valence-electron chi connectivity index (χ3n) is 3.43. The Labute approximate surface area is 128 Å². The molecule has 3 aromatic heterocycles. The van der Waals surface area contributed by atoms with Crippen molar-refractivity contribution in [3.63, 3.8) is 0 Å². The van der Waals surface area contributed by atoms with Crippen LogP contribution >= 0.6 is 11.3 Å². The summed E-state index contributed by atoms with van der Waals surface area (Å²) in [7, 11) is 0. The number of thiophene rings is 1. The van der Waals surface area contributed by atoms with E-state index in [1.807, 2.05) is 24.5 Å². The molecule has 0 saturated heterocycles. The van der Waals surface area contributed by atoms with Crippen LogP contribution in [0, 0.1) is 0 Å². The zero-order valence-electron chi connectivity index (χ0n) is 11.9. The van der Waals surface area contributed by atoms with Crippen LogP contribution < -0.4 is 5.32 Å². The van der Waals surface area contributed by atoms with Crippen LogP contribution in [0.1, 0.15) is 18.1 Å². The lowest BCUT2D eigenvalue weighted by Crippen LogP contribution is -2.27. The predicted molar refractivity (Wildman–Crippen MR) is 86.1 cm³/mol. The molecule has 0 amide bonds. The summed E-state index contributed by atoms with van der Waals surface area (Å²) in [5.74, 6) is 0. The first-order valence-corrected chi connectivity index (χ1v) is 7.94. The van der Waals surface area contributed by atoms with E-state index < -0.39 is 0 Å². The third kappa shape index (κ3) is 3.56. The maximum absolute atomic E-state index is 4.16. The molecule has 2 N–H and O–H groups in total. The van der Waals surface area contributed by atoms with E-state index in [9.17, 15) is 0 Å². The molecule has 5 heteroatoms. The summed E-state index contributed by atoms with van der Waals surface area (Å²) >= 11 is 1.75. The van der Waals surface area contributed by atoms with Gasteiger partial charge >= 0.3 is 0 Å². The highest BCUT2D eigenvalue weighted by molar-refractivity contribution is 7.07. The number of H-pyrrole nitrogens is 1. The quantitative estimate of drug-likeness (QED) is 0.734. The van der Waals surface area contributed by atoms with Crippen LogP contribution in [0.25, 0.3) is 11.3 Å². The van der Waals surface area contributed by atoms with Gasteiger partial charge in [0.25, 0.3) is 0 Å². The lowest BCUT2D eigenvalue weighted by atomic mass is 10.1. The monoisotopic (exact) mass is 298 g/mol. The fourth-order valence-electron chi connectivity index (χ4n) is 2.32. The maximum atomic E-state index is 4.16. The standard InChI is InChI=1S/C16H18N4S/c1-12(7-13-4-6-21-11-13)18-9-15-10-19-20-16(15)14-3-2-5-17-8-14/h2-6,8,10-12,18H,7,9H2,1H3,(H,19,20). The lowest BCUT2D eigenvalue weighted by molar-refractivity contribution is 0.546. The molecule has 0 fully saturated rings. The Morgan fingerprint density at radius 1 is 1.33 bits per heavy atom. The number of nitrogens with zero attached hydrogens (tertiary/aromatic N) is 2. The van der Waals surface area contributed by atoms with E-state index in [4.69, 9.17) is 0 Å². The topological polar surface area (TPSA) is 53.6 Å². The molecule has 0 aliphatic carbocycles. The molecule has 0 bridgehead atoms. The molecule has 3 aromatic rings. The summed E-state index contributed by atoms with van der Waals surface area (Å²) in [5.41, 5.74) is 4.66. The molecule has 108 valence electrons. The van der Waals surface area contributed by atoms with Gasteiger partial charge in [0.15, 0.2) is 0 Å². The molecule has 3 heterocycles. The molecule has 0 aliphatic rings. The zero-order chi connectivity index (χ0) is 14.5. The van der Waals surface area contributed by atoms with Gasteiger partial charge in [-0.2, -0.15) is 16.4 Å². The van der Waals surface area contributed by atoms with Gasteiger partial charge in [0.2, 0.25) is 0 Å². The Morgan fingerprint density at radius 2 is 2.29 bits per heavy atom. The van der Waals surface area contributed by atoms with Crippen molar-refractivity contribution in [2.24, 2.45) is 0 Å². The van der Waals surface area contributed by atoms with Crippen molar-refractivity contribution in [1.29, 1.82) is 0 Å². The number of rotatable bonds is 6. The summed E-state index contributed by atoms with van der Waals surface area (Å²) < 4.78 is 0. The number of nitrogens with one attached hydrogen (secondary N) is 2. The van der Waals surface area contributed by atoms with E-state index in [2.05, 4.69) is 44.2 Å². The SMILES string of the molecule is CC(Cc1ccsc1)NCc1cn[nH]c1-c1cccnc1. The van der Waals surface area contributed by atoms with Gasteiger partial charge in [-0.05, 0) is 47.9 Å². The second kappa shape index (κ2) is 6.65. The molecule has 0 radical (unpaired) electrons. The van der Waals surface area contributed by atoms with Crippen LogP contribution in [0.2, 0.25) is 0 Å². The largest absolute Gasteiger partial charge is 0.310 e. The minimum Gasteiger partial charge on any atom is -0.310 e. The second-order valence-corrected chi connectivity index (χ2v) is 5.91. The van der Waals surface area contributed by atoms with Crippen molar-refractivity contribution in [3.05, 3.63) is 58.7 Å². The van der Waals surface area contributed by atoms with Crippen molar-refractivity contribution in [3.8, 4) is 11.3 Å². The Hall–Kier alpha value is -1.98. The van der Waals surface area contributed by atoms with Crippen molar-refractivity contribution in [1.82, 2.24) is 20.5 Å². The van der Waals surface area contributed by atoms with E-state index in [1.165, 1.54) is 11.1 Å². The van der Waals surface area contributed by atoms with E-state index in [0.717, 1.165) is 24.2 Å². The summed E-state index contributed by atoms with van der Waals surface area (Å²) in [6, 6.07) is 6.59. The van der Waals surface area contributed by atoms with E-state index >= 15 is 0 Å². The van der Waals surface area contributed by atoms with Gasteiger partial charge in [0.1, 0.15) is 0 Å². The van der Waals surface area contributed by atoms with Crippen LogP contribution in [0.5, 0.6) is 0 Å². The molecule has 1 atom stereocenters. The van der Waals surface area contributed by atoms with Gasteiger partial charge in [-0.15, -0.1) is 0 Å². The van der Waals surface area contributed by atoms with Gasteiger partial charge in [-0.1, -0.05) is 0 Å². The molecule has 0 spiro atoms. The van der Waals surface area contributed by atoms with Crippen LogP contribution in [0.3, 0.4) is 0 Å². The molecule has 21 heavy (non-hydrogen) atoms. The van der Waals surface area contributed by atoms with Crippen molar-refractivity contribution in [2.75, 3.05) is 0 Å². The normalized spacial score (nSPS) is 12.4. The highest BCUT2D eigenvalue weighted by Crippen LogP contribution is 2.19. The molecule has 4 nitrogen and oxygen atoms in total. The van der Waals surface area contributed by atoms with Gasteiger partial charge in [-0.25, -0.2) is 0 Å². The fourth-order valence-corrected chi connectivity index (χ4v) is 3.01. The Kier molecular flexibility index (Phi) is 4.43. The maximum Gasteiger partial charge on any atom is 0.0710 e. The number of hydrogen-bond donors (Lipinski definition) is 2. The van der Waals surface area contributed by atoms with Crippen molar-refractivity contribution in [2.45, 2.75) is 25.9 Å². The first-order chi connectivity index (χ1) is 10.3. The number of hydrogen-bond acceptors (Lipinski definition) is 4. The van der Waals surface area contributed by atoms with Gasteiger partial charge in [0.05, 0.1) is 11.9 Å². The fraction of sp³-hybridized carbons (Fsp3) is 0.250. The number of pyridine rings is 1. The Morgan fingerprint density at radius 3 is 3.05 bits per heavy atom. The third-order valence-corrected chi connectivity index (χ3v) is 4.16. The molecular weight excluding hydrogens is 280 g/mol. The highest BCUT2D eigenvalue weighted by Gasteiger charge is 2.09. The number of aromatic nitrogens is 3. The predicted octanol–water partition coefficient (Wildman–Crippen LogP) is 3.25. The first-order valence-electron chi connectivity index (χ1n) is 7.00. The van der Waals surface area contributed by atoms with Crippen molar-refractivity contribution < 1.29 is 0 Å². The van der Waals surface area contributed by atoms with Crippen molar-refractivity contribution >= 4 is 11.3 Å². The smallest absolute Gasteiger partial charge is 0.0710 e. The molecule has 0 aromatic carbocycles. The van der Waals surface area contributed by atoms with Crippen LogP contribution in [0.4, 0.5) is 0 Å². The van der Waals surface area contributed by atoms with Gasteiger partial charge in [-0.3, -0.25) is 10.1 Å². The minimum absolute atomic E-state index is 0.427. The zero-order valence-corrected chi connectivity index (χ0v) is 12.7. The average Bonchev–Trinajstić information content (AvgIpc) is 3.17. The summed E-state index contributed by atoms with van der Waals surface area (Å²) in [6.45, 7) is 3.01. The van der Waals surface area contributed by atoms with E-state index in [0.29, 0.717) is 6.04 Å². The van der Waals surface area contributed by atoms with Crippen LogP contribution in [-0.2, 0) is 13.0 Å². The lowest BCUT2D eigenvalue weighted by Gasteiger charge is -2.13. The molecular formula is C16H18N4S. The van der Waals surface area contributed by atoms with Gasteiger partial charge in [0, 0.05) is 36.1 Å². The Bertz CT molecular complexity index is 661. The van der Waals surface area contributed by atoms with Crippen LogP contribution in [-0.4, -0.2) is 21.2 Å². The highest BCUT2D eigenvalue weighted by atomic mass is 32.1.